The van der Waals surface area contributed by atoms with Gasteiger partial charge in [0.15, 0.2) is 0 Å². The van der Waals surface area contributed by atoms with Crippen molar-refractivity contribution in [1.29, 1.82) is 0 Å². The lowest BCUT2D eigenvalue weighted by molar-refractivity contribution is -0.121. The summed E-state index contributed by atoms with van der Waals surface area (Å²) in [7, 11) is 0. The maximum Gasteiger partial charge on any atom is 0.225 e. The van der Waals surface area contributed by atoms with Crippen molar-refractivity contribution in [1.82, 2.24) is 5.32 Å². The van der Waals surface area contributed by atoms with Crippen LogP contribution in [0.3, 0.4) is 0 Å². The first-order valence-electron chi connectivity index (χ1n) is 9.41. The number of benzene rings is 2. The van der Waals surface area contributed by atoms with E-state index in [0.29, 0.717) is 4.90 Å². The van der Waals surface area contributed by atoms with Gasteiger partial charge in [-0.1, -0.05) is 12.1 Å². The fourth-order valence-electron chi connectivity index (χ4n) is 4.24. The van der Waals surface area contributed by atoms with Crippen LogP contribution in [0, 0.1) is 5.82 Å². The molecule has 0 spiro atoms. The standard InChI is InChI=1S/C22H20FNO2S/c23-18-6-2-5-16-19(7-8-27-22(16)18)24-21(25)11-15-12-26-20-10-14-4-1-3-13(14)9-17(15)20/h2,5-6,9-10,12,19H,1,3-4,7-8,11H2,(H,24,25)/t19-/m1/s1. The van der Waals surface area contributed by atoms with Crippen LogP contribution in [0.2, 0.25) is 0 Å². The highest BCUT2D eigenvalue weighted by Crippen LogP contribution is 2.38. The van der Waals surface area contributed by atoms with E-state index in [0.717, 1.165) is 47.1 Å². The second-order valence-electron chi connectivity index (χ2n) is 7.32. The predicted molar refractivity (Wildman–Crippen MR) is 105 cm³/mol. The van der Waals surface area contributed by atoms with Crippen LogP contribution in [0.15, 0.2) is 45.9 Å². The highest BCUT2D eigenvalue weighted by Gasteiger charge is 2.25. The van der Waals surface area contributed by atoms with Crippen LogP contribution in [0.1, 0.15) is 41.1 Å². The molecule has 27 heavy (non-hydrogen) atoms. The van der Waals surface area contributed by atoms with Gasteiger partial charge in [-0.2, -0.15) is 0 Å². The molecule has 138 valence electrons. The van der Waals surface area contributed by atoms with Crippen molar-refractivity contribution < 1.29 is 13.6 Å². The summed E-state index contributed by atoms with van der Waals surface area (Å²) in [5.74, 6) is 0.552. The summed E-state index contributed by atoms with van der Waals surface area (Å²) in [5.41, 5.74) is 5.40. The predicted octanol–water partition coefficient (Wildman–Crippen LogP) is 4.96. The lowest BCUT2D eigenvalue weighted by Gasteiger charge is -2.26. The zero-order valence-corrected chi connectivity index (χ0v) is 15.7. The van der Waals surface area contributed by atoms with E-state index in [1.165, 1.54) is 35.4 Å². The Kier molecular flexibility index (Phi) is 4.20. The minimum Gasteiger partial charge on any atom is -0.464 e. The number of nitrogens with one attached hydrogen (secondary N) is 1. The number of carbonyl (C=O) groups is 1. The third-order valence-electron chi connectivity index (χ3n) is 5.58. The van der Waals surface area contributed by atoms with Crippen molar-refractivity contribution in [3.8, 4) is 0 Å². The monoisotopic (exact) mass is 381 g/mol. The lowest BCUT2D eigenvalue weighted by Crippen LogP contribution is -2.31. The van der Waals surface area contributed by atoms with Gasteiger partial charge in [0.25, 0.3) is 0 Å². The molecule has 2 aliphatic rings. The molecule has 3 aromatic rings. The van der Waals surface area contributed by atoms with Gasteiger partial charge < -0.3 is 9.73 Å². The largest absolute Gasteiger partial charge is 0.464 e. The summed E-state index contributed by atoms with van der Waals surface area (Å²) < 4.78 is 19.7. The minimum atomic E-state index is -0.203. The summed E-state index contributed by atoms with van der Waals surface area (Å²) >= 11 is 1.52. The van der Waals surface area contributed by atoms with Gasteiger partial charge in [0, 0.05) is 21.6 Å². The molecule has 5 rings (SSSR count). The zero-order chi connectivity index (χ0) is 18.4. The molecule has 0 saturated carbocycles. The summed E-state index contributed by atoms with van der Waals surface area (Å²) in [4.78, 5) is 13.4. The van der Waals surface area contributed by atoms with Crippen molar-refractivity contribution in [2.75, 3.05) is 5.75 Å². The smallest absolute Gasteiger partial charge is 0.225 e. The van der Waals surface area contributed by atoms with Crippen molar-refractivity contribution in [2.45, 2.75) is 43.0 Å². The minimum absolute atomic E-state index is 0.0506. The number of amides is 1. The van der Waals surface area contributed by atoms with E-state index in [9.17, 15) is 9.18 Å². The fourth-order valence-corrected chi connectivity index (χ4v) is 5.38. The summed E-state index contributed by atoms with van der Waals surface area (Å²) in [6.45, 7) is 0. The number of aryl methyl sites for hydroxylation is 2. The molecule has 1 atom stereocenters. The van der Waals surface area contributed by atoms with Gasteiger partial charge in [-0.25, -0.2) is 4.39 Å². The molecule has 2 aromatic carbocycles. The van der Waals surface area contributed by atoms with Crippen LogP contribution in [0.5, 0.6) is 0 Å². The molecule has 1 N–H and O–H groups in total. The second-order valence-corrected chi connectivity index (χ2v) is 8.43. The lowest BCUT2D eigenvalue weighted by atomic mass is 10.0. The fraction of sp³-hybridized carbons (Fsp3) is 0.318. The SMILES string of the molecule is O=C(Cc1coc2cc3c(cc12)CCC3)N[C@@H]1CCSc2c(F)cccc21. The molecular weight excluding hydrogens is 361 g/mol. The average molecular weight is 381 g/mol. The number of furan rings is 1. The first kappa shape index (κ1) is 16.9. The molecule has 0 unspecified atom stereocenters. The van der Waals surface area contributed by atoms with E-state index in [4.69, 9.17) is 4.42 Å². The number of fused-ring (bicyclic) bond motifs is 3. The molecule has 2 heterocycles. The zero-order valence-electron chi connectivity index (χ0n) is 14.9. The average Bonchev–Trinajstić information content (AvgIpc) is 3.27. The highest BCUT2D eigenvalue weighted by molar-refractivity contribution is 7.99. The normalized spacial score (nSPS) is 18.3. The van der Waals surface area contributed by atoms with Gasteiger partial charge in [-0.3, -0.25) is 4.79 Å². The Morgan fingerprint density at radius 3 is 3.00 bits per heavy atom. The second kappa shape index (κ2) is 6.71. The van der Waals surface area contributed by atoms with E-state index < -0.39 is 0 Å². The van der Waals surface area contributed by atoms with Crippen LogP contribution in [-0.4, -0.2) is 11.7 Å². The van der Waals surface area contributed by atoms with Crippen molar-refractivity contribution >= 4 is 28.6 Å². The molecule has 0 radical (unpaired) electrons. The van der Waals surface area contributed by atoms with Gasteiger partial charge >= 0.3 is 0 Å². The van der Waals surface area contributed by atoms with Crippen molar-refractivity contribution in [2.24, 2.45) is 0 Å². The van der Waals surface area contributed by atoms with E-state index >= 15 is 0 Å². The Labute approximate surface area is 161 Å². The molecule has 5 heteroatoms. The molecule has 1 aromatic heterocycles. The number of hydrogen-bond acceptors (Lipinski definition) is 3. The van der Waals surface area contributed by atoms with Gasteiger partial charge in [-0.05, 0) is 60.6 Å². The number of carbonyl (C=O) groups excluding carboxylic acids is 1. The summed E-state index contributed by atoms with van der Waals surface area (Å²) in [6.07, 6.45) is 6.19. The number of halogens is 1. The van der Waals surface area contributed by atoms with E-state index in [2.05, 4.69) is 17.4 Å². The number of hydrogen-bond donors (Lipinski definition) is 1. The Hall–Kier alpha value is -2.27. The molecule has 3 nitrogen and oxygen atoms in total. The maximum atomic E-state index is 14.0. The highest BCUT2D eigenvalue weighted by atomic mass is 32.2. The molecule has 0 bridgehead atoms. The Morgan fingerprint density at radius 2 is 2.11 bits per heavy atom. The number of rotatable bonds is 3. The summed E-state index contributed by atoms with van der Waals surface area (Å²) in [6, 6.07) is 9.27. The topological polar surface area (TPSA) is 42.2 Å². The van der Waals surface area contributed by atoms with Crippen LogP contribution in [-0.2, 0) is 24.1 Å². The first-order valence-corrected chi connectivity index (χ1v) is 10.4. The van der Waals surface area contributed by atoms with E-state index in [1.807, 2.05) is 6.07 Å². The molecule has 1 amide bonds. The first-order chi connectivity index (χ1) is 13.2. The third-order valence-corrected chi connectivity index (χ3v) is 6.74. The van der Waals surface area contributed by atoms with E-state index in [-0.39, 0.29) is 24.2 Å². The molecule has 0 saturated heterocycles. The molecule has 0 fully saturated rings. The molecule has 1 aliphatic carbocycles. The quantitative estimate of drug-likeness (QED) is 0.697. The van der Waals surface area contributed by atoms with Gasteiger partial charge in [0.2, 0.25) is 5.91 Å². The number of thioether (sulfide) groups is 1. The molecule has 1 aliphatic heterocycles. The van der Waals surface area contributed by atoms with Crippen LogP contribution in [0.4, 0.5) is 4.39 Å². The van der Waals surface area contributed by atoms with Crippen LogP contribution < -0.4 is 5.32 Å². The maximum absolute atomic E-state index is 14.0. The van der Waals surface area contributed by atoms with E-state index in [1.54, 1.807) is 12.3 Å². The Balaban J connectivity index is 1.36. The van der Waals surface area contributed by atoms with Crippen molar-refractivity contribution in [3.63, 3.8) is 0 Å². The van der Waals surface area contributed by atoms with Gasteiger partial charge in [0.05, 0.1) is 18.7 Å². The molecular formula is C22H20FNO2S. The van der Waals surface area contributed by atoms with Crippen LogP contribution >= 0.6 is 11.8 Å². The van der Waals surface area contributed by atoms with Gasteiger partial charge in [-0.15, -0.1) is 11.8 Å². The Morgan fingerprint density at radius 1 is 1.26 bits per heavy atom. The van der Waals surface area contributed by atoms with Crippen LogP contribution in [0.25, 0.3) is 11.0 Å². The Bertz CT molecular complexity index is 1040. The van der Waals surface area contributed by atoms with Gasteiger partial charge in [0.1, 0.15) is 11.4 Å². The van der Waals surface area contributed by atoms with Crippen molar-refractivity contribution in [3.05, 3.63) is 64.7 Å². The third kappa shape index (κ3) is 3.04. The summed E-state index contributed by atoms with van der Waals surface area (Å²) in [5, 5.41) is 4.14.